The van der Waals surface area contributed by atoms with Crippen molar-refractivity contribution in [1.29, 1.82) is 0 Å². The maximum absolute atomic E-state index is 13.1. The van der Waals surface area contributed by atoms with Crippen LogP contribution in [0.25, 0.3) is 0 Å². The Morgan fingerprint density at radius 3 is 1.93 bits per heavy atom. The Balaban J connectivity index is 1.51. The van der Waals surface area contributed by atoms with Crippen LogP contribution in [0, 0.1) is 0 Å². The van der Waals surface area contributed by atoms with Crippen molar-refractivity contribution in [2.45, 2.75) is 132 Å². The summed E-state index contributed by atoms with van der Waals surface area (Å²) in [6.07, 6.45) is 5.73. The number of Topliss-reactive ketones (excluding diaryl/α,β-unsaturated/α-hetero) is 1. The van der Waals surface area contributed by atoms with Crippen LogP contribution in [-0.2, 0) is 23.7 Å². The number of aliphatic hydroxyl groups is 2. The standard InChI is InChI=1S/C22H34O7/c1-2-9-14(23)22(25)18(24)16-15(26-20(27-16)10-5-3-6-11-20)17-19(22)29-21(28-17)12-7-4-8-13-21/h15-19,24-25H,2-13H2,1H3/t15-,16-,17+,18+,19+,22-/m1/s1. The van der Waals surface area contributed by atoms with Crippen molar-refractivity contribution in [3.05, 3.63) is 0 Å². The van der Waals surface area contributed by atoms with Gasteiger partial charge in [-0.3, -0.25) is 4.79 Å². The van der Waals surface area contributed by atoms with Gasteiger partial charge in [0.05, 0.1) is 0 Å². The van der Waals surface area contributed by atoms with E-state index in [2.05, 4.69) is 0 Å². The Morgan fingerprint density at radius 2 is 1.34 bits per heavy atom. The van der Waals surface area contributed by atoms with Crippen LogP contribution in [0.5, 0.6) is 0 Å². The van der Waals surface area contributed by atoms with Crippen LogP contribution in [0.4, 0.5) is 0 Å². The van der Waals surface area contributed by atoms with Crippen LogP contribution in [0.15, 0.2) is 0 Å². The number of carbonyl (C=O) groups is 1. The van der Waals surface area contributed by atoms with Crippen LogP contribution in [0.1, 0.15) is 84.0 Å². The predicted octanol–water partition coefficient (Wildman–Crippen LogP) is 2.35. The first-order chi connectivity index (χ1) is 13.9. The summed E-state index contributed by atoms with van der Waals surface area (Å²) in [6, 6.07) is 0. The number of carbonyl (C=O) groups excluding carboxylic acids is 1. The molecule has 2 N–H and O–H groups in total. The lowest BCUT2D eigenvalue weighted by Gasteiger charge is -2.46. The number of hydrogen-bond acceptors (Lipinski definition) is 7. The Hall–Kier alpha value is -0.570. The molecule has 164 valence electrons. The summed E-state index contributed by atoms with van der Waals surface area (Å²) in [5.41, 5.74) is -2.04. The van der Waals surface area contributed by atoms with Crippen molar-refractivity contribution in [3.8, 4) is 0 Å². The summed E-state index contributed by atoms with van der Waals surface area (Å²) >= 11 is 0. The fourth-order valence-electron chi connectivity index (χ4n) is 6.19. The van der Waals surface area contributed by atoms with Gasteiger partial charge in [-0.1, -0.05) is 19.8 Å². The van der Waals surface area contributed by atoms with Crippen LogP contribution in [-0.4, -0.2) is 63.7 Å². The van der Waals surface area contributed by atoms with Crippen molar-refractivity contribution in [2.24, 2.45) is 0 Å². The summed E-state index contributed by atoms with van der Waals surface area (Å²) in [5, 5.41) is 22.8. The number of fused-ring (bicyclic) bond motifs is 3. The molecule has 0 aromatic carbocycles. The molecule has 2 spiro atoms. The van der Waals surface area contributed by atoms with Crippen molar-refractivity contribution >= 4 is 5.78 Å². The van der Waals surface area contributed by atoms with E-state index < -0.39 is 53.5 Å². The molecular weight excluding hydrogens is 376 g/mol. The van der Waals surface area contributed by atoms with Crippen LogP contribution >= 0.6 is 0 Å². The molecule has 0 radical (unpaired) electrons. The van der Waals surface area contributed by atoms with Crippen LogP contribution in [0.2, 0.25) is 0 Å². The molecule has 5 fully saturated rings. The van der Waals surface area contributed by atoms with E-state index in [0.29, 0.717) is 6.42 Å². The van der Waals surface area contributed by atoms with E-state index in [1.54, 1.807) is 0 Å². The van der Waals surface area contributed by atoms with E-state index in [-0.39, 0.29) is 6.42 Å². The van der Waals surface area contributed by atoms with Crippen molar-refractivity contribution in [1.82, 2.24) is 0 Å². The van der Waals surface area contributed by atoms with E-state index in [1.807, 2.05) is 6.92 Å². The molecule has 0 unspecified atom stereocenters. The van der Waals surface area contributed by atoms with E-state index in [1.165, 1.54) is 0 Å². The molecule has 3 aliphatic carbocycles. The minimum Gasteiger partial charge on any atom is -0.387 e. The van der Waals surface area contributed by atoms with Gasteiger partial charge < -0.3 is 29.2 Å². The van der Waals surface area contributed by atoms with Gasteiger partial charge in [0, 0.05) is 32.1 Å². The number of hydrogen-bond donors (Lipinski definition) is 2. The molecule has 0 amide bonds. The van der Waals surface area contributed by atoms with E-state index in [9.17, 15) is 15.0 Å². The average Bonchev–Trinajstić information content (AvgIpc) is 3.27. The quantitative estimate of drug-likeness (QED) is 0.737. The molecule has 2 aliphatic heterocycles. The van der Waals surface area contributed by atoms with Gasteiger partial charge in [0.2, 0.25) is 0 Å². The molecule has 0 bridgehead atoms. The van der Waals surface area contributed by atoms with Crippen LogP contribution in [0.3, 0.4) is 0 Å². The topological polar surface area (TPSA) is 94.5 Å². The molecule has 2 heterocycles. The van der Waals surface area contributed by atoms with Gasteiger partial charge in [0.15, 0.2) is 23.0 Å². The highest BCUT2D eigenvalue weighted by molar-refractivity contribution is 5.89. The number of aliphatic hydroxyl groups excluding tert-OH is 1. The molecule has 0 aromatic heterocycles. The highest BCUT2D eigenvalue weighted by Gasteiger charge is 2.72. The monoisotopic (exact) mass is 410 g/mol. The maximum Gasteiger partial charge on any atom is 0.180 e. The Bertz CT molecular complexity index is 639. The maximum atomic E-state index is 13.1. The van der Waals surface area contributed by atoms with E-state index in [0.717, 1.165) is 64.2 Å². The summed E-state index contributed by atoms with van der Waals surface area (Å²) < 4.78 is 25.5. The van der Waals surface area contributed by atoms with Gasteiger partial charge in [-0.25, -0.2) is 0 Å². The van der Waals surface area contributed by atoms with Crippen molar-refractivity contribution in [3.63, 3.8) is 0 Å². The van der Waals surface area contributed by atoms with Gasteiger partial charge >= 0.3 is 0 Å². The number of rotatable bonds is 3. The van der Waals surface area contributed by atoms with Crippen molar-refractivity contribution < 1.29 is 34.0 Å². The number of ether oxygens (including phenoxy) is 4. The Kier molecular flexibility index (Phi) is 5.08. The fraction of sp³-hybridized carbons (Fsp3) is 0.955. The summed E-state index contributed by atoms with van der Waals surface area (Å²) in [4.78, 5) is 13.1. The third-order valence-corrected chi connectivity index (χ3v) is 7.69. The zero-order chi connectivity index (χ0) is 20.3. The van der Waals surface area contributed by atoms with Gasteiger partial charge in [0.1, 0.15) is 30.5 Å². The molecule has 0 aromatic rings. The second-order valence-corrected chi connectivity index (χ2v) is 9.67. The van der Waals surface area contributed by atoms with E-state index >= 15 is 0 Å². The third-order valence-electron chi connectivity index (χ3n) is 7.69. The summed E-state index contributed by atoms with van der Waals surface area (Å²) in [7, 11) is 0. The van der Waals surface area contributed by atoms with E-state index in [4.69, 9.17) is 18.9 Å². The summed E-state index contributed by atoms with van der Waals surface area (Å²) in [5.74, 6) is -1.94. The second-order valence-electron chi connectivity index (χ2n) is 9.67. The minimum atomic E-state index is -2.04. The normalized spacial score (nSPS) is 45.3. The first kappa shape index (κ1) is 20.3. The predicted molar refractivity (Wildman–Crippen MR) is 102 cm³/mol. The minimum absolute atomic E-state index is 0.177. The Labute approximate surface area is 172 Å². The molecule has 2 saturated heterocycles. The molecule has 7 heteroatoms. The summed E-state index contributed by atoms with van der Waals surface area (Å²) in [6.45, 7) is 1.89. The van der Waals surface area contributed by atoms with Gasteiger partial charge in [0.25, 0.3) is 0 Å². The zero-order valence-corrected chi connectivity index (χ0v) is 17.3. The molecule has 5 aliphatic rings. The Morgan fingerprint density at radius 1 is 0.828 bits per heavy atom. The molecule has 6 atom stereocenters. The third kappa shape index (κ3) is 3.04. The first-order valence-electron chi connectivity index (χ1n) is 11.6. The largest absolute Gasteiger partial charge is 0.387 e. The fourth-order valence-corrected chi connectivity index (χ4v) is 6.19. The molecule has 7 nitrogen and oxygen atoms in total. The van der Waals surface area contributed by atoms with Gasteiger partial charge in [-0.2, -0.15) is 0 Å². The smallest absolute Gasteiger partial charge is 0.180 e. The highest BCUT2D eigenvalue weighted by Crippen LogP contribution is 2.54. The molecule has 29 heavy (non-hydrogen) atoms. The second kappa shape index (κ2) is 7.24. The SMILES string of the molecule is CCCC(=O)[C@@]1(O)[C@@H](O)[C@@H]2OC3(CCCCC3)O[C@H]2[C@@H]2OC3(CCCCC3)O[C@@H]21. The molecule has 3 saturated carbocycles. The van der Waals surface area contributed by atoms with Crippen molar-refractivity contribution in [2.75, 3.05) is 0 Å². The lowest BCUT2D eigenvalue weighted by molar-refractivity contribution is -0.238. The molecular formula is C22H34O7. The zero-order valence-electron chi connectivity index (χ0n) is 17.3. The average molecular weight is 411 g/mol. The lowest BCUT2D eigenvalue weighted by Crippen LogP contribution is -2.72. The lowest BCUT2D eigenvalue weighted by atomic mass is 9.72. The molecule has 5 rings (SSSR count). The van der Waals surface area contributed by atoms with Gasteiger partial charge in [-0.15, -0.1) is 0 Å². The number of ketones is 1. The highest BCUT2D eigenvalue weighted by atomic mass is 16.8. The van der Waals surface area contributed by atoms with Gasteiger partial charge in [-0.05, 0) is 32.1 Å². The van der Waals surface area contributed by atoms with Crippen LogP contribution < -0.4 is 0 Å². The first-order valence-corrected chi connectivity index (χ1v) is 11.6.